The number of likely N-dealkylation sites (tertiary alicyclic amines) is 1. The lowest BCUT2D eigenvalue weighted by atomic mass is 9.89. The Morgan fingerprint density at radius 3 is 2.64 bits per heavy atom. The van der Waals surface area contributed by atoms with Gasteiger partial charge in [0.25, 0.3) is 5.91 Å². The monoisotopic (exact) mass is 347 g/mol. The molecule has 1 amide bonds. The number of hydrogen-bond acceptors (Lipinski definition) is 4. The van der Waals surface area contributed by atoms with Gasteiger partial charge >= 0.3 is 5.97 Å². The summed E-state index contributed by atoms with van der Waals surface area (Å²) in [6, 6.07) is 3.06. The molecule has 1 heterocycles. The number of benzene rings is 1. The molecule has 0 spiro atoms. The largest absolute Gasteiger partial charge is 0.493 e. The number of piperidine rings is 1. The number of hydrogen-bond donors (Lipinski definition) is 1. The molecule has 0 bridgehead atoms. The molecule has 0 saturated carbocycles. The van der Waals surface area contributed by atoms with E-state index in [9.17, 15) is 14.7 Å². The van der Waals surface area contributed by atoms with Gasteiger partial charge < -0.3 is 19.5 Å². The predicted molar refractivity (Wildman–Crippen MR) is 94.3 cm³/mol. The number of carbonyl (C=O) groups is 2. The molecule has 0 aliphatic carbocycles. The Morgan fingerprint density at radius 1 is 1.36 bits per heavy atom. The fourth-order valence-electron chi connectivity index (χ4n) is 3.40. The van der Waals surface area contributed by atoms with Crippen LogP contribution in [-0.2, 0) is 11.2 Å². The quantitative estimate of drug-likeness (QED) is 0.801. The maximum atomic E-state index is 13.0. The van der Waals surface area contributed by atoms with Crippen molar-refractivity contribution in [3.63, 3.8) is 0 Å². The third-order valence-corrected chi connectivity index (χ3v) is 4.73. The molecular formula is C19H25NO5. The van der Waals surface area contributed by atoms with E-state index in [4.69, 9.17) is 9.47 Å². The second kappa shape index (κ2) is 8.05. The van der Waals surface area contributed by atoms with E-state index >= 15 is 0 Å². The van der Waals surface area contributed by atoms with Crippen molar-refractivity contribution in [2.24, 2.45) is 5.92 Å². The summed E-state index contributed by atoms with van der Waals surface area (Å²) in [5.41, 5.74) is 1.27. The molecule has 0 radical (unpaired) electrons. The minimum Gasteiger partial charge on any atom is -0.493 e. The van der Waals surface area contributed by atoms with Crippen LogP contribution in [0, 0.1) is 5.92 Å². The Bertz CT molecular complexity index is 670. The maximum Gasteiger partial charge on any atom is 0.308 e. The van der Waals surface area contributed by atoms with Crippen LogP contribution < -0.4 is 9.47 Å². The Labute approximate surface area is 148 Å². The second-order valence-corrected chi connectivity index (χ2v) is 6.19. The minimum atomic E-state index is -0.857. The van der Waals surface area contributed by atoms with Crippen molar-refractivity contribution < 1.29 is 24.2 Å². The Hall–Kier alpha value is -2.50. The number of carboxylic acids is 1. The van der Waals surface area contributed by atoms with Crippen LogP contribution in [0.15, 0.2) is 24.8 Å². The molecule has 6 nitrogen and oxygen atoms in total. The van der Waals surface area contributed by atoms with Crippen molar-refractivity contribution in [1.82, 2.24) is 4.90 Å². The van der Waals surface area contributed by atoms with Crippen LogP contribution in [0.1, 0.15) is 35.7 Å². The van der Waals surface area contributed by atoms with Crippen molar-refractivity contribution in [2.45, 2.75) is 32.2 Å². The Balaban J connectivity index is 2.39. The lowest BCUT2D eigenvalue weighted by molar-refractivity contribution is -0.144. The van der Waals surface area contributed by atoms with Crippen molar-refractivity contribution in [3.8, 4) is 11.5 Å². The number of carbonyl (C=O) groups excluding carboxylic acids is 1. The normalized spacial score (nSPS) is 20.0. The summed E-state index contributed by atoms with van der Waals surface area (Å²) in [4.78, 5) is 26.1. The molecule has 6 heteroatoms. The fraction of sp³-hybridized carbons (Fsp3) is 0.474. The van der Waals surface area contributed by atoms with Gasteiger partial charge in [-0.05, 0) is 38.3 Å². The van der Waals surface area contributed by atoms with Crippen LogP contribution in [-0.4, -0.2) is 48.7 Å². The SMILES string of the molecule is C=CCc1cc(C(=O)N2CCC[C@H](C(=O)O)[C@@H]2C)cc(OC)c1OC. The highest BCUT2D eigenvalue weighted by atomic mass is 16.5. The summed E-state index contributed by atoms with van der Waals surface area (Å²) in [6.45, 7) is 6.08. The van der Waals surface area contributed by atoms with Gasteiger partial charge in [0, 0.05) is 23.7 Å². The van der Waals surface area contributed by atoms with E-state index in [1.807, 2.05) is 0 Å². The first-order chi connectivity index (χ1) is 11.9. The number of allylic oxidation sites excluding steroid dienone is 1. The van der Waals surface area contributed by atoms with Gasteiger partial charge in [-0.1, -0.05) is 6.08 Å². The summed E-state index contributed by atoms with van der Waals surface area (Å²) in [5, 5.41) is 9.36. The molecule has 25 heavy (non-hydrogen) atoms. The van der Waals surface area contributed by atoms with Crippen LogP contribution in [0.3, 0.4) is 0 Å². The van der Waals surface area contributed by atoms with Gasteiger partial charge in [0.15, 0.2) is 11.5 Å². The average Bonchev–Trinajstić information content (AvgIpc) is 2.60. The zero-order valence-electron chi connectivity index (χ0n) is 14.9. The first-order valence-electron chi connectivity index (χ1n) is 8.34. The molecule has 1 aromatic carbocycles. The summed E-state index contributed by atoms with van der Waals surface area (Å²) in [5.74, 6) is -0.529. The molecule has 1 aromatic rings. The number of rotatable bonds is 6. The number of nitrogens with zero attached hydrogens (tertiary/aromatic N) is 1. The van der Waals surface area contributed by atoms with Crippen molar-refractivity contribution in [1.29, 1.82) is 0 Å². The minimum absolute atomic E-state index is 0.190. The van der Waals surface area contributed by atoms with Crippen LogP contribution in [0.5, 0.6) is 11.5 Å². The molecule has 0 unspecified atom stereocenters. The van der Waals surface area contributed by atoms with E-state index < -0.39 is 11.9 Å². The third kappa shape index (κ3) is 3.78. The highest BCUT2D eigenvalue weighted by molar-refractivity contribution is 5.96. The van der Waals surface area contributed by atoms with Gasteiger partial charge in [-0.25, -0.2) is 0 Å². The number of amides is 1. The third-order valence-electron chi connectivity index (χ3n) is 4.73. The van der Waals surface area contributed by atoms with Crippen LogP contribution in [0.2, 0.25) is 0 Å². The van der Waals surface area contributed by atoms with Crippen LogP contribution in [0.4, 0.5) is 0 Å². The van der Waals surface area contributed by atoms with E-state index in [0.29, 0.717) is 42.9 Å². The van der Waals surface area contributed by atoms with Crippen molar-refractivity contribution >= 4 is 11.9 Å². The average molecular weight is 347 g/mol. The van der Waals surface area contributed by atoms with Gasteiger partial charge in [0.1, 0.15) is 0 Å². The van der Waals surface area contributed by atoms with Crippen molar-refractivity contribution in [2.75, 3.05) is 20.8 Å². The summed E-state index contributed by atoms with van der Waals surface area (Å²) in [6.07, 6.45) is 3.54. The van der Waals surface area contributed by atoms with E-state index in [0.717, 1.165) is 5.56 Å². The predicted octanol–water partition coefficient (Wildman–Crippen LogP) is 2.76. The standard InChI is InChI=1S/C19H25NO5/c1-5-7-13-10-14(11-16(24-3)17(13)25-4)18(21)20-9-6-8-15(12(20)2)19(22)23/h5,10-12,15H,1,6-9H2,2-4H3,(H,22,23)/t12-,15-/m0/s1. The second-order valence-electron chi connectivity index (χ2n) is 6.19. The van der Waals surface area contributed by atoms with Gasteiger partial charge in [-0.2, -0.15) is 0 Å². The summed E-state index contributed by atoms with van der Waals surface area (Å²) in [7, 11) is 3.07. The highest BCUT2D eigenvalue weighted by Gasteiger charge is 2.36. The first-order valence-corrected chi connectivity index (χ1v) is 8.34. The Morgan fingerprint density at radius 2 is 2.08 bits per heavy atom. The summed E-state index contributed by atoms with van der Waals surface area (Å²) >= 11 is 0. The van der Waals surface area contributed by atoms with Crippen LogP contribution >= 0.6 is 0 Å². The molecule has 0 aromatic heterocycles. The molecule has 2 atom stereocenters. The number of methoxy groups -OCH3 is 2. The Kier molecular flexibility index (Phi) is 6.07. The molecule has 136 valence electrons. The van der Waals surface area contributed by atoms with E-state index in [1.165, 1.54) is 7.11 Å². The lowest BCUT2D eigenvalue weighted by Crippen LogP contribution is -2.49. The first kappa shape index (κ1) is 18.8. The highest BCUT2D eigenvalue weighted by Crippen LogP contribution is 2.34. The summed E-state index contributed by atoms with van der Waals surface area (Å²) < 4.78 is 10.8. The van der Waals surface area contributed by atoms with Gasteiger partial charge in [0.05, 0.1) is 20.1 Å². The topological polar surface area (TPSA) is 76.1 Å². The van der Waals surface area contributed by atoms with E-state index in [-0.39, 0.29) is 11.9 Å². The van der Waals surface area contributed by atoms with Gasteiger partial charge in [-0.15, -0.1) is 6.58 Å². The molecule has 1 aliphatic rings. The number of carboxylic acid groups (broad SMARTS) is 1. The molecule has 2 rings (SSSR count). The van der Waals surface area contributed by atoms with Crippen LogP contribution in [0.25, 0.3) is 0 Å². The molecule has 1 N–H and O–H groups in total. The zero-order valence-corrected chi connectivity index (χ0v) is 14.9. The number of ether oxygens (including phenoxy) is 2. The zero-order chi connectivity index (χ0) is 18.6. The van der Waals surface area contributed by atoms with Gasteiger partial charge in [-0.3, -0.25) is 9.59 Å². The molecular weight excluding hydrogens is 322 g/mol. The molecule has 1 saturated heterocycles. The fourth-order valence-corrected chi connectivity index (χ4v) is 3.40. The van der Waals surface area contributed by atoms with Crippen molar-refractivity contribution in [3.05, 3.63) is 35.9 Å². The number of aliphatic carboxylic acids is 1. The lowest BCUT2D eigenvalue weighted by Gasteiger charge is -2.37. The molecule has 1 aliphatic heterocycles. The maximum absolute atomic E-state index is 13.0. The van der Waals surface area contributed by atoms with E-state index in [2.05, 4.69) is 6.58 Å². The van der Waals surface area contributed by atoms with Gasteiger partial charge in [0.2, 0.25) is 0 Å². The molecule has 1 fully saturated rings. The smallest absolute Gasteiger partial charge is 0.308 e. The van der Waals surface area contributed by atoms with E-state index in [1.54, 1.807) is 37.1 Å².